The second kappa shape index (κ2) is 8.76. The summed E-state index contributed by atoms with van der Waals surface area (Å²) in [5, 5.41) is 7.01. The highest BCUT2D eigenvalue weighted by molar-refractivity contribution is 5.79. The van der Waals surface area contributed by atoms with Crippen molar-refractivity contribution in [2.24, 2.45) is 22.2 Å². The van der Waals surface area contributed by atoms with Gasteiger partial charge >= 0.3 is 0 Å². The maximum atomic E-state index is 5.46. The summed E-state index contributed by atoms with van der Waals surface area (Å²) >= 11 is 0. The third-order valence-corrected chi connectivity index (χ3v) is 5.65. The van der Waals surface area contributed by atoms with E-state index in [4.69, 9.17) is 4.74 Å². The van der Waals surface area contributed by atoms with Crippen LogP contribution in [0.1, 0.15) is 58.3 Å². The Morgan fingerprint density at radius 1 is 1.23 bits per heavy atom. The maximum absolute atomic E-state index is 5.46. The highest BCUT2D eigenvalue weighted by atomic mass is 16.5. The number of aliphatic imine (C=N–C) groups is 1. The molecule has 2 unspecified atom stereocenters. The molecule has 0 spiro atoms. The van der Waals surface area contributed by atoms with Crippen LogP contribution in [0.2, 0.25) is 0 Å². The minimum Gasteiger partial charge on any atom is -0.384 e. The van der Waals surface area contributed by atoms with E-state index >= 15 is 0 Å². The van der Waals surface area contributed by atoms with Gasteiger partial charge in [-0.25, -0.2) is 0 Å². The van der Waals surface area contributed by atoms with E-state index in [1.165, 1.54) is 51.4 Å². The molecule has 22 heavy (non-hydrogen) atoms. The van der Waals surface area contributed by atoms with Gasteiger partial charge in [-0.05, 0) is 49.4 Å². The number of methoxy groups -OCH3 is 1. The quantitative estimate of drug-likeness (QED) is 0.561. The molecule has 0 heterocycles. The van der Waals surface area contributed by atoms with Crippen molar-refractivity contribution in [1.29, 1.82) is 0 Å². The van der Waals surface area contributed by atoms with Crippen LogP contribution in [0.15, 0.2) is 4.99 Å². The largest absolute Gasteiger partial charge is 0.384 e. The van der Waals surface area contributed by atoms with Gasteiger partial charge in [0.15, 0.2) is 5.96 Å². The predicted molar refractivity (Wildman–Crippen MR) is 93.3 cm³/mol. The second-order valence-corrected chi connectivity index (χ2v) is 7.55. The molecular formula is C18H35N3O. The first-order valence-electron chi connectivity index (χ1n) is 9.11. The van der Waals surface area contributed by atoms with Gasteiger partial charge in [-0.15, -0.1) is 0 Å². The van der Waals surface area contributed by atoms with Gasteiger partial charge < -0.3 is 15.4 Å². The Morgan fingerprint density at radius 2 is 2.00 bits per heavy atom. The average molecular weight is 309 g/mol. The fourth-order valence-electron chi connectivity index (χ4n) is 4.32. The lowest BCUT2D eigenvalue weighted by Gasteiger charge is -2.28. The van der Waals surface area contributed by atoms with Gasteiger partial charge in [0.2, 0.25) is 0 Å². The number of nitrogens with one attached hydrogen (secondary N) is 2. The van der Waals surface area contributed by atoms with E-state index in [1.807, 2.05) is 14.2 Å². The number of nitrogens with zero attached hydrogens (tertiary/aromatic N) is 1. The van der Waals surface area contributed by atoms with Crippen LogP contribution in [0, 0.1) is 17.3 Å². The fourth-order valence-corrected chi connectivity index (χ4v) is 4.32. The van der Waals surface area contributed by atoms with Gasteiger partial charge in [-0.1, -0.05) is 26.2 Å². The third kappa shape index (κ3) is 5.15. The maximum Gasteiger partial charge on any atom is 0.190 e. The molecule has 4 heteroatoms. The summed E-state index contributed by atoms with van der Waals surface area (Å²) in [4.78, 5) is 4.36. The van der Waals surface area contributed by atoms with Crippen LogP contribution in [0.5, 0.6) is 0 Å². The van der Waals surface area contributed by atoms with Crippen LogP contribution in [0.3, 0.4) is 0 Å². The molecule has 2 N–H and O–H groups in total. The van der Waals surface area contributed by atoms with E-state index < -0.39 is 0 Å². The Hall–Kier alpha value is -0.770. The lowest BCUT2D eigenvalue weighted by Crippen LogP contribution is -2.41. The summed E-state index contributed by atoms with van der Waals surface area (Å²) in [6.07, 6.45) is 10.6. The molecule has 2 fully saturated rings. The Kier molecular flexibility index (Phi) is 7.00. The molecule has 2 saturated carbocycles. The smallest absolute Gasteiger partial charge is 0.190 e. The van der Waals surface area contributed by atoms with E-state index in [0.29, 0.717) is 5.41 Å². The van der Waals surface area contributed by atoms with Gasteiger partial charge in [0.25, 0.3) is 0 Å². The number of rotatable bonds is 7. The Labute approximate surface area is 136 Å². The topological polar surface area (TPSA) is 45.7 Å². The van der Waals surface area contributed by atoms with Crippen molar-refractivity contribution in [2.45, 2.75) is 58.3 Å². The first-order valence-corrected chi connectivity index (χ1v) is 9.11. The predicted octanol–water partition coefficient (Wildman–Crippen LogP) is 3.18. The van der Waals surface area contributed by atoms with Crippen molar-refractivity contribution in [3.8, 4) is 0 Å². The van der Waals surface area contributed by atoms with Crippen LogP contribution in [-0.4, -0.2) is 39.8 Å². The summed E-state index contributed by atoms with van der Waals surface area (Å²) < 4.78 is 5.46. The second-order valence-electron chi connectivity index (χ2n) is 7.55. The van der Waals surface area contributed by atoms with Gasteiger partial charge in [0, 0.05) is 27.2 Å². The lowest BCUT2D eigenvalue weighted by molar-refractivity contribution is 0.0776. The number of hydrogen-bond acceptors (Lipinski definition) is 2. The summed E-state index contributed by atoms with van der Waals surface area (Å²) in [6.45, 7) is 5.32. The minimum atomic E-state index is 0.404. The van der Waals surface area contributed by atoms with E-state index in [-0.39, 0.29) is 0 Å². The lowest BCUT2D eigenvalue weighted by atomic mass is 9.83. The first kappa shape index (κ1) is 17.6. The molecule has 4 nitrogen and oxygen atoms in total. The molecular weight excluding hydrogens is 274 g/mol. The monoisotopic (exact) mass is 309 g/mol. The van der Waals surface area contributed by atoms with E-state index in [9.17, 15) is 0 Å². The zero-order valence-corrected chi connectivity index (χ0v) is 14.8. The highest BCUT2D eigenvalue weighted by Gasteiger charge is 2.33. The van der Waals surface area contributed by atoms with Crippen molar-refractivity contribution in [3.05, 3.63) is 0 Å². The van der Waals surface area contributed by atoms with Crippen molar-refractivity contribution >= 4 is 5.96 Å². The molecule has 0 aromatic heterocycles. The Balaban J connectivity index is 1.67. The summed E-state index contributed by atoms with van der Waals surface area (Å²) in [5.41, 5.74) is 0.404. The summed E-state index contributed by atoms with van der Waals surface area (Å²) in [7, 11) is 3.70. The van der Waals surface area contributed by atoms with E-state index in [2.05, 4.69) is 22.5 Å². The average Bonchev–Trinajstić information content (AvgIpc) is 3.13. The van der Waals surface area contributed by atoms with E-state index in [1.54, 1.807) is 0 Å². The highest BCUT2D eigenvalue weighted by Crippen LogP contribution is 2.40. The number of hydrogen-bond donors (Lipinski definition) is 2. The van der Waals surface area contributed by atoms with Crippen LogP contribution in [0.25, 0.3) is 0 Å². The van der Waals surface area contributed by atoms with Gasteiger partial charge in [-0.3, -0.25) is 4.99 Å². The SMILES string of the molecule is CN=C(NCCC1(COC)CCCC1)NCC1CCC(C)C1. The molecule has 0 saturated heterocycles. The van der Waals surface area contributed by atoms with Gasteiger partial charge in [-0.2, -0.15) is 0 Å². The summed E-state index contributed by atoms with van der Waals surface area (Å²) in [5.74, 6) is 2.69. The zero-order valence-electron chi connectivity index (χ0n) is 14.8. The molecule has 2 rings (SSSR count). The van der Waals surface area contributed by atoms with Crippen LogP contribution >= 0.6 is 0 Å². The molecule has 0 amide bonds. The van der Waals surface area contributed by atoms with Crippen molar-refractivity contribution < 1.29 is 4.74 Å². The van der Waals surface area contributed by atoms with Gasteiger partial charge in [0.1, 0.15) is 0 Å². The normalized spacial score (nSPS) is 28.0. The third-order valence-electron chi connectivity index (χ3n) is 5.65. The number of guanidine groups is 1. The molecule has 2 atom stereocenters. The summed E-state index contributed by atoms with van der Waals surface area (Å²) in [6, 6.07) is 0. The van der Waals surface area contributed by atoms with Gasteiger partial charge in [0.05, 0.1) is 6.61 Å². The molecule has 0 radical (unpaired) electrons. The van der Waals surface area contributed by atoms with Crippen molar-refractivity contribution in [1.82, 2.24) is 10.6 Å². The molecule has 0 aromatic carbocycles. The van der Waals surface area contributed by atoms with E-state index in [0.717, 1.165) is 37.5 Å². The standard InChI is InChI=1S/C18H35N3O/c1-15-6-7-16(12-15)13-21-17(19-2)20-11-10-18(14-22-3)8-4-5-9-18/h15-16H,4-14H2,1-3H3,(H2,19,20,21). The molecule has 0 aliphatic heterocycles. The van der Waals surface area contributed by atoms with Crippen LogP contribution in [-0.2, 0) is 4.74 Å². The number of ether oxygens (including phenoxy) is 1. The minimum absolute atomic E-state index is 0.404. The molecule has 2 aliphatic rings. The Morgan fingerprint density at radius 3 is 2.59 bits per heavy atom. The fraction of sp³-hybridized carbons (Fsp3) is 0.944. The van der Waals surface area contributed by atoms with Crippen LogP contribution < -0.4 is 10.6 Å². The molecule has 128 valence electrons. The Bertz CT molecular complexity index is 350. The molecule has 0 bridgehead atoms. The van der Waals surface area contributed by atoms with Crippen molar-refractivity contribution in [2.75, 3.05) is 33.9 Å². The van der Waals surface area contributed by atoms with Crippen LogP contribution in [0.4, 0.5) is 0 Å². The molecule has 0 aromatic rings. The molecule has 2 aliphatic carbocycles. The first-order chi connectivity index (χ1) is 10.7. The zero-order chi connectivity index (χ0) is 15.8. The van der Waals surface area contributed by atoms with Crippen molar-refractivity contribution in [3.63, 3.8) is 0 Å².